The van der Waals surface area contributed by atoms with Gasteiger partial charge in [0.1, 0.15) is 0 Å². The van der Waals surface area contributed by atoms with E-state index in [-0.39, 0.29) is 11.6 Å². The molecule has 1 aromatic rings. The maximum atomic E-state index is 13.1. The predicted octanol–water partition coefficient (Wildman–Crippen LogP) is 2.84. The summed E-state index contributed by atoms with van der Waals surface area (Å²) in [6.45, 7) is 1.67. The van der Waals surface area contributed by atoms with Crippen molar-refractivity contribution in [3.63, 3.8) is 0 Å². The number of nitrogens with one attached hydrogen (secondary N) is 1. The number of alkyl halides is 3. The largest absolute Gasteiger partial charge is 0.417 e. The van der Waals surface area contributed by atoms with Crippen LogP contribution in [-0.4, -0.2) is 43.2 Å². The molecule has 120 valence electrons. The van der Waals surface area contributed by atoms with Gasteiger partial charge >= 0.3 is 6.18 Å². The van der Waals surface area contributed by atoms with E-state index in [0.717, 1.165) is 25.9 Å². The highest BCUT2D eigenvalue weighted by molar-refractivity contribution is 5.96. The van der Waals surface area contributed by atoms with Crippen molar-refractivity contribution in [2.45, 2.75) is 25.1 Å². The van der Waals surface area contributed by atoms with E-state index in [1.165, 1.54) is 24.3 Å². The number of likely N-dealkylation sites (tertiary alicyclic amines) is 1. The van der Waals surface area contributed by atoms with Gasteiger partial charge < -0.3 is 10.2 Å². The Balaban J connectivity index is 2.10. The number of carbonyl (C=O) groups is 1. The van der Waals surface area contributed by atoms with E-state index in [0.29, 0.717) is 6.08 Å². The Morgan fingerprint density at radius 2 is 1.82 bits per heavy atom. The average Bonchev–Trinajstić information content (AvgIpc) is 2.47. The molecule has 1 aliphatic heterocycles. The summed E-state index contributed by atoms with van der Waals surface area (Å²) in [7, 11) is 1.98. The van der Waals surface area contributed by atoms with Crippen molar-refractivity contribution in [3.8, 4) is 0 Å². The van der Waals surface area contributed by atoms with Crippen molar-refractivity contribution in [2.75, 3.05) is 20.1 Å². The van der Waals surface area contributed by atoms with Gasteiger partial charge in [0.2, 0.25) is 5.91 Å². The quantitative estimate of drug-likeness (QED) is 0.871. The maximum Gasteiger partial charge on any atom is 0.417 e. The Bertz CT molecular complexity index is 532. The number of halogens is 3. The van der Waals surface area contributed by atoms with Crippen LogP contribution in [0.15, 0.2) is 36.4 Å². The lowest BCUT2D eigenvalue weighted by Crippen LogP contribution is -2.43. The first-order chi connectivity index (χ1) is 10.4. The smallest absolute Gasteiger partial charge is 0.350 e. The van der Waals surface area contributed by atoms with E-state index in [2.05, 4.69) is 10.2 Å². The summed E-state index contributed by atoms with van der Waals surface area (Å²) in [6, 6.07) is 7.30. The highest BCUT2D eigenvalue weighted by atomic mass is 19.4. The second-order valence-corrected chi connectivity index (χ2v) is 5.51. The van der Waals surface area contributed by atoms with Gasteiger partial charge in [-0.1, -0.05) is 30.3 Å². The molecule has 2 rings (SSSR count). The number of allylic oxidation sites excluding steroid dienone is 1. The van der Waals surface area contributed by atoms with E-state index in [1.54, 1.807) is 6.07 Å². The van der Waals surface area contributed by atoms with E-state index >= 15 is 0 Å². The first-order valence-corrected chi connectivity index (χ1v) is 7.19. The molecule has 0 radical (unpaired) electrons. The average molecular weight is 312 g/mol. The van der Waals surface area contributed by atoms with Crippen LogP contribution in [0.5, 0.6) is 0 Å². The number of amides is 1. The summed E-state index contributed by atoms with van der Waals surface area (Å²) in [6.07, 6.45) is -2.40. The summed E-state index contributed by atoms with van der Waals surface area (Å²) in [5, 5.41) is 2.67. The minimum absolute atomic E-state index is 0.00599. The van der Waals surface area contributed by atoms with Crippen molar-refractivity contribution >= 4 is 11.5 Å². The molecule has 3 nitrogen and oxygen atoms in total. The highest BCUT2D eigenvalue weighted by Crippen LogP contribution is 2.33. The number of benzene rings is 1. The van der Waals surface area contributed by atoms with Gasteiger partial charge in [-0.15, -0.1) is 0 Å². The van der Waals surface area contributed by atoms with Crippen LogP contribution in [0.3, 0.4) is 0 Å². The summed E-state index contributed by atoms with van der Waals surface area (Å²) < 4.78 is 39.4. The van der Waals surface area contributed by atoms with E-state index in [1.807, 2.05) is 7.05 Å². The fourth-order valence-electron chi connectivity index (χ4n) is 2.47. The Morgan fingerprint density at radius 1 is 1.23 bits per heavy atom. The SMILES string of the molecule is CN1CCC(NC(=O)/C=C(\c2ccccc2)C(F)(F)F)CC1. The zero-order chi connectivity index (χ0) is 16.2. The van der Waals surface area contributed by atoms with Crippen LogP contribution < -0.4 is 5.32 Å². The van der Waals surface area contributed by atoms with Crippen molar-refractivity contribution in [1.29, 1.82) is 0 Å². The predicted molar refractivity (Wildman–Crippen MR) is 79.1 cm³/mol. The second kappa shape index (κ2) is 6.96. The van der Waals surface area contributed by atoms with Crippen LogP contribution in [0.4, 0.5) is 13.2 Å². The van der Waals surface area contributed by atoms with Gasteiger partial charge in [-0.05, 0) is 38.5 Å². The normalized spacial score (nSPS) is 18.3. The number of hydrogen-bond donors (Lipinski definition) is 1. The number of piperidine rings is 1. The van der Waals surface area contributed by atoms with Gasteiger partial charge in [0.25, 0.3) is 0 Å². The molecule has 1 aromatic carbocycles. The number of nitrogens with zero attached hydrogens (tertiary/aromatic N) is 1. The van der Waals surface area contributed by atoms with Gasteiger partial charge in [0.05, 0.1) is 5.57 Å². The van der Waals surface area contributed by atoms with Gasteiger partial charge in [-0.25, -0.2) is 0 Å². The third kappa shape index (κ3) is 4.59. The van der Waals surface area contributed by atoms with E-state index in [9.17, 15) is 18.0 Å². The van der Waals surface area contributed by atoms with Gasteiger partial charge in [-0.2, -0.15) is 13.2 Å². The Kier molecular flexibility index (Phi) is 5.24. The summed E-state index contributed by atoms with van der Waals surface area (Å²) in [5.74, 6) is -0.689. The summed E-state index contributed by atoms with van der Waals surface area (Å²) in [4.78, 5) is 14.1. The van der Waals surface area contributed by atoms with Crippen LogP contribution in [0.25, 0.3) is 5.57 Å². The molecule has 0 atom stereocenters. The van der Waals surface area contributed by atoms with E-state index in [4.69, 9.17) is 0 Å². The Labute approximate surface area is 127 Å². The molecule has 1 amide bonds. The first-order valence-electron chi connectivity index (χ1n) is 7.19. The lowest BCUT2D eigenvalue weighted by atomic mass is 10.0. The van der Waals surface area contributed by atoms with Crippen LogP contribution in [0.2, 0.25) is 0 Å². The van der Waals surface area contributed by atoms with Gasteiger partial charge in [0, 0.05) is 12.1 Å². The Morgan fingerprint density at radius 3 is 2.36 bits per heavy atom. The van der Waals surface area contributed by atoms with Crippen molar-refractivity contribution in [3.05, 3.63) is 42.0 Å². The molecule has 1 aliphatic rings. The molecule has 0 saturated carbocycles. The zero-order valence-electron chi connectivity index (χ0n) is 12.4. The zero-order valence-corrected chi connectivity index (χ0v) is 12.4. The van der Waals surface area contributed by atoms with Gasteiger partial charge in [0.15, 0.2) is 0 Å². The lowest BCUT2D eigenvalue weighted by Gasteiger charge is -2.29. The topological polar surface area (TPSA) is 32.3 Å². The molecular formula is C16H19F3N2O. The van der Waals surface area contributed by atoms with Crippen LogP contribution >= 0.6 is 0 Å². The monoisotopic (exact) mass is 312 g/mol. The minimum atomic E-state index is -4.56. The molecule has 0 spiro atoms. The fraction of sp³-hybridized carbons (Fsp3) is 0.438. The fourth-order valence-corrected chi connectivity index (χ4v) is 2.47. The lowest BCUT2D eigenvalue weighted by molar-refractivity contribution is -0.117. The molecule has 6 heteroatoms. The molecule has 1 heterocycles. The molecule has 0 aromatic heterocycles. The minimum Gasteiger partial charge on any atom is -0.350 e. The molecule has 0 unspecified atom stereocenters. The van der Waals surface area contributed by atoms with Crippen molar-refractivity contribution in [2.24, 2.45) is 0 Å². The summed E-state index contributed by atoms with van der Waals surface area (Å²) >= 11 is 0. The first kappa shape index (κ1) is 16.5. The number of hydrogen-bond acceptors (Lipinski definition) is 2. The molecule has 1 fully saturated rings. The number of rotatable bonds is 3. The number of carbonyl (C=O) groups excluding carboxylic acids is 1. The second-order valence-electron chi connectivity index (χ2n) is 5.51. The van der Waals surface area contributed by atoms with Crippen LogP contribution in [0, 0.1) is 0 Å². The Hall–Kier alpha value is -1.82. The van der Waals surface area contributed by atoms with Crippen molar-refractivity contribution in [1.82, 2.24) is 10.2 Å². The third-order valence-electron chi connectivity index (χ3n) is 3.73. The van der Waals surface area contributed by atoms with Crippen LogP contribution in [0.1, 0.15) is 18.4 Å². The highest BCUT2D eigenvalue weighted by Gasteiger charge is 2.35. The summed E-state index contributed by atoms with van der Waals surface area (Å²) in [5.41, 5.74) is -0.924. The van der Waals surface area contributed by atoms with E-state index < -0.39 is 17.7 Å². The van der Waals surface area contributed by atoms with Crippen LogP contribution in [-0.2, 0) is 4.79 Å². The molecule has 0 aliphatic carbocycles. The molecule has 0 bridgehead atoms. The molecular weight excluding hydrogens is 293 g/mol. The molecule has 22 heavy (non-hydrogen) atoms. The third-order valence-corrected chi connectivity index (χ3v) is 3.73. The maximum absolute atomic E-state index is 13.1. The molecule has 1 N–H and O–H groups in total. The van der Waals surface area contributed by atoms with Crippen molar-refractivity contribution < 1.29 is 18.0 Å². The van der Waals surface area contributed by atoms with Gasteiger partial charge in [-0.3, -0.25) is 4.79 Å². The molecule has 1 saturated heterocycles. The standard InChI is InChI=1S/C16H19F3N2O/c1-21-9-7-13(8-10-21)20-15(22)11-14(16(17,18)19)12-5-3-2-4-6-12/h2-6,11,13H,7-10H2,1H3,(H,20,22)/b14-11+.